The molecule has 0 bridgehead atoms. The van der Waals surface area contributed by atoms with Crippen molar-refractivity contribution in [3.8, 4) is 24.3 Å². The first-order valence-electron chi connectivity index (χ1n) is 5.86. The molecule has 0 radical (unpaired) electrons. The number of nitrogens with zero attached hydrogens (tertiary/aromatic N) is 4. The van der Waals surface area contributed by atoms with Crippen molar-refractivity contribution in [2.45, 2.75) is 50.5 Å². The monoisotopic (exact) mass is 244 g/mol. The topological polar surface area (TPSA) is 104 Å². The summed E-state index contributed by atoms with van der Waals surface area (Å²) in [7, 11) is 0. The summed E-state index contributed by atoms with van der Waals surface area (Å²) in [6, 6.07) is 8.15. The summed E-state index contributed by atoms with van der Waals surface area (Å²) in [6.07, 6.45) is 2.73. The van der Waals surface area contributed by atoms with Crippen LogP contribution in [0.15, 0.2) is 0 Å². The largest absolute Gasteiger partial charge is 0.374 e. The standard InChI is InChI=1S/C13H16N4O/c14-8-1-5-13(6-2-9-15,7-3-10-16)18-12-4-11-17/h1-7,12H2. The van der Waals surface area contributed by atoms with E-state index in [2.05, 4.69) is 18.2 Å². The van der Waals surface area contributed by atoms with Gasteiger partial charge in [0.2, 0.25) is 0 Å². The molecule has 0 saturated carbocycles. The molecule has 0 spiro atoms. The van der Waals surface area contributed by atoms with E-state index in [1.165, 1.54) is 0 Å². The molecule has 94 valence electrons. The molecular formula is C13H16N4O. The fourth-order valence-corrected chi connectivity index (χ4v) is 1.76. The van der Waals surface area contributed by atoms with E-state index in [-0.39, 0.29) is 13.0 Å². The van der Waals surface area contributed by atoms with E-state index >= 15 is 0 Å². The second kappa shape index (κ2) is 10.1. The summed E-state index contributed by atoms with van der Waals surface area (Å²) < 4.78 is 5.70. The Hall–Kier alpha value is -2.08. The van der Waals surface area contributed by atoms with E-state index in [0.717, 1.165) is 0 Å². The van der Waals surface area contributed by atoms with Gasteiger partial charge in [-0.3, -0.25) is 0 Å². The van der Waals surface area contributed by atoms with Crippen LogP contribution in [-0.2, 0) is 4.74 Å². The van der Waals surface area contributed by atoms with Gasteiger partial charge in [0, 0.05) is 19.3 Å². The molecule has 0 aliphatic rings. The Morgan fingerprint density at radius 3 is 1.39 bits per heavy atom. The van der Waals surface area contributed by atoms with E-state index < -0.39 is 5.60 Å². The van der Waals surface area contributed by atoms with Crippen LogP contribution in [0.1, 0.15) is 44.9 Å². The Labute approximate surface area is 108 Å². The molecule has 18 heavy (non-hydrogen) atoms. The maximum Gasteiger partial charge on any atom is 0.0712 e. The Morgan fingerprint density at radius 2 is 1.06 bits per heavy atom. The van der Waals surface area contributed by atoms with Gasteiger partial charge in [-0.2, -0.15) is 21.0 Å². The third-order valence-electron chi connectivity index (χ3n) is 2.70. The van der Waals surface area contributed by atoms with Gasteiger partial charge in [-0.25, -0.2) is 0 Å². The molecular weight excluding hydrogens is 228 g/mol. The van der Waals surface area contributed by atoms with Crippen molar-refractivity contribution in [1.82, 2.24) is 0 Å². The summed E-state index contributed by atoms with van der Waals surface area (Å²) in [6.45, 7) is 0.277. The van der Waals surface area contributed by atoms with Gasteiger partial charge in [0.1, 0.15) is 0 Å². The lowest BCUT2D eigenvalue weighted by atomic mass is 9.87. The van der Waals surface area contributed by atoms with Gasteiger partial charge in [-0.15, -0.1) is 0 Å². The lowest BCUT2D eigenvalue weighted by Crippen LogP contribution is -2.33. The Bertz CT molecular complexity index is 346. The molecule has 0 aliphatic heterocycles. The van der Waals surface area contributed by atoms with Gasteiger partial charge in [0.25, 0.3) is 0 Å². The number of rotatable bonds is 9. The van der Waals surface area contributed by atoms with E-state index in [1.54, 1.807) is 0 Å². The molecule has 0 aliphatic carbocycles. The summed E-state index contributed by atoms with van der Waals surface area (Å²) >= 11 is 0. The fourth-order valence-electron chi connectivity index (χ4n) is 1.76. The maximum absolute atomic E-state index is 8.66. The zero-order chi connectivity index (χ0) is 13.7. The first kappa shape index (κ1) is 15.9. The summed E-state index contributed by atoms with van der Waals surface area (Å²) in [5, 5.41) is 34.5. The molecule has 0 aromatic rings. The van der Waals surface area contributed by atoms with Crippen molar-refractivity contribution in [1.29, 1.82) is 21.0 Å². The van der Waals surface area contributed by atoms with E-state index in [9.17, 15) is 0 Å². The Kier molecular flexibility index (Phi) is 8.93. The van der Waals surface area contributed by atoms with Crippen molar-refractivity contribution in [3.05, 3.63) is 0 Å². The van der Waals surface area contributed by atoms with Crippen molar-refractivity contribution in [2.24, 2.45) is 0 Å². The first-order chi connectivity index (χ1) is 8.74. The molecule has 0 aromatic carbocycles. The van der Waals surface area contributed by atoms with Crippen LogP contribution in [0.5, 0.6) is 0 Å². The van der Waals surface area contributed by atoms with Gasteiger partial charge in [-0.1, -0.05) is 0 Å². The van der Waals surface area contributed by atoms with Gasteiger partial charge >= 0.3 is 0 Å². The summed E-state index contributed by atoms with van der Waals surface area (Å²) in [5.74, 6) is 0. The van der Waals surface area contributed by atoms with Crippen LogP contribution in [0.4, 0.5) is 0 Å². The molecule has 0 rings (SSSR count). The minimum Gasteiger partial charge on any atom is -0.374 e. The van der Waals surface area contributed by atoms with Crippen LogP contribution in [0.25, 0.3) is 0 Å². The Balaban J connectivity index is 4.65. The zero-order valence-electron chi connectivity index (χ0n) is 10.4. The smallest absolute Gasteiger partial charge is 0.0712 e. The highest BCUT2D eigenvalue weighted by molar-refractivity contribution is 4.91. The summed E-state index contributed by atoms with van der Waals surface area (Å²) in [5.41, 5.74) is -0.613. The van der Waals surface area contributed by atoms with Gasteiger partial charge in [0.15, 0.2) is 0 Å². The highest BCUT2D eigenvalue weighted by Crippen LogP contribution is 2.29. The van der Waals surface area contributed by atoms with Crippen molar-refractivity contribution < 1.29 is 4.74 Å². The quantitative estimate of drug-likeness (QED) is 0.579. The average molecular weight is 244 g/mol. The van der Waals surface area contributed by atoms with Gasteiger partial charge in [0.05, 0.1) is 42.9 Å². The maximum atomic E-state index is 8.66. The molecule has 5 nitrogen and oxygen atoms in total. The summed E-state index contributed by atoms with van der Waals surface area (Å²) in [4.78, 5) is 0. The lowest BCUT2D eigenvalue weighted by Gasteiger charge is -2.32. The average Bonchev–Trinajstić information content (AvgIpc) is 2.40. The van der Waals surface area contributed by atoms with Crippen molar-refractivity contribution in [2.75, 3.05) is 6.61 Å². The second-order valence-electron chi connectivity index (χ2n) is 3.91. The minimum atomic E-state index is -0.613. The lowest BCUT2D eigenvalue weighted by molar-refractivity contribution is -0.0587. The molecule has 0 fully saturated rings. The van der Waals surface area contributed by atoms with Crippen molar-refractivity contribution in [3.63, 3.8) is 0 Å². The van der Waals surface area contributed by atoms with Crippen LogP contribution in [0.3, 0.4) is 0 Å². The van der Waals surface area contributed by atoms with Gasteiger partial charge < -0.3 is 4.74 Å². The predicted molar refractivity (Wildman–Crippen MR) is 63.5 cm³/mol. The van der Waals surface area contributed by atoms with Crippen LogP contribution in [0, 0.1) is 45.3 Å². The Morgan fingerprint density at radius 1 is 0.667 bits per heavy atom. The molecule has 5 heteroatoms. The number of hydrogen-bond acceptors (Lipinski definition) is 5. The van der Waals surface area contributed by atoms with Crippen LogP contribution in [-0.4, -0.2) is 12.2 Å². The van der Waals surface area contributed by atoms with Crippen LogP contribution >= 0.6 is 0 Å². The molecule has 0 atom stereocenters. The van der Waals surface area contributed by atoms with E-state index in [0.29, 0.717) is 38.5 Å². The van der Waals surface area contributed by atoms with Gasteiger partial charge in [-0.05, 0) is 19.3 Å². The number of hydrogen-bond donors (Lipinski definition) is 0. The highest BCUT2D eigenvalue weighted by Gasteiger charge is 2.29. The fraction of sp³-hybridized carbons (Fsp3) is 0.692. The highest BCUT2D eigenvalue weighted by atomic mass is 16.5. The van der Waals surface area contributed by atoms with Crippen molar-refractivity contribution >= 4 is 0 Å². The number of nitriles is 4. The first-order valence-corrected chi connectivity index (χ1v) is 5.86. The molecule has 0 heterocycles. The molecule has 0 unspecified atom stereocenters. The molecule has 0 amide bonds. The van der Waals surface area contributed by atoms with Crippen LogP contribution < -0.4 is 0 Å². The van der Waals surface area contributed by atoms with E-state index in [4.69, 9.17) is 25.8 Å². The molecule has 0 aromatic heterocycles. The zero-order valence-corrected chi connectivity index (χ0v) is 10.4. The third kappa shape index (κ3) is 6.49. The van der Waals surface area contributed by atoms with Crippen LogP contribution in [0.2, 0.25) is 0 Å². The molecule has 0 saturated heterocycles. The SMILES string of the molecule is N#CCCOC(CCC#N)(CCC#N)CCC#N. The number of ether oxygens (including phenoxy) is 1. The predicted octanol–water partition coefficient (Wildman–Crippen LogP) is 2.57. The molecule has 0 N–H and O–H groups in total. The van der Waals surface area contributed by atoms with E-state index in [1.807, 2.05) is 6.07 Å². The third-order valence-corrected chi connectivity index (χ3v) is 2.70. The second-order valence-corrected chi connectivity index (χ2v) is 3.91. The minimum absolute atomic E-state index is 0.271. The normalized spacial score (nSPS) is 9.78.